The molecule has 0 aromatic carbocycles. The van der Waals surface area contributed by atoms with Gasteiger partial charge in [0.1, 0.15) is 5.76 Å². The Balaban J connectivity index is 1.56. The molecule has 0 bridgehead atoms. The second kappa shape index (κ2) is 6.75. The summed E-state index contributed by atoms with van der Waals surface area (Å²) in [5.74, 6) is 0.385. The molecule has 4 heterocycles. The van der Waals surface area contributed by atoms with Crippen LogP contribution in [0.15, 0.2) is 23.1 Å². The Morgan fingerprint density at radius 2 is 2.04 bits per heavy atom. The number of nitrogens with zero attached hydrogens (tertiary/aromatic N) is 6. The number of halogens is 1. The van der Waals surface area contributed by atoms with Crippen LogP contribution in [0, 0.1) is 20.8 Å². The van der Waals surface area contributed by atoms with Gasteiger partial charge in [-0.15, -0.1) is 0 Å². The maximum absolute atomic E-state index is 12.7. The van der Waals surface area contributed by atoms with E-state index < -0.39 is 0 Å². The van der Waals surface area contributed by atoms with Crippen molar-refractivity contribution in [2.75, 3.05) is 5.32 Å². The summed E-state index contributed by atoms with van der Waals surface area (Å²) < 4.78 is 8.51. The van der Waals surface area contributed by atoms with Gasteiger partial charge >= 0.3 is 0 Å². The molecule has 4 rings (SSSR count). The summed E-state index contributed by atoms with van der Waals surface area (Å²) in [6, 6.07) is 0. The minimum atomic E-state index is -0.362. The molecule has 0 spiro atoms. The molecular formula is C18H18ClN7O2. The summed E-state index contributed by atoms with van der Waals surface area (Å²) in [6.07, 6.45) is 4.76. The van der Waals surface area contributed by atoms with Crippen molar-refractivity contribution in [2.24, 2.45) is 7.05 Å². The van der Waals surface area contributed by atoms with Gasteiger partial charge in [-0.05, 0) is 20.8 Å². The predicted molar refractivity (Wildman–Crippen MR) is 104 cm³/mol. The van der Waals surface area contributed by atoms with Crippen LogP contribution in [0.5, 0.6) is 0 Å². The molecular weight excluding hydrogens is 382 g/mol. The number of pyridine rings is 1. The van der Waals surface area contributed by atoms with E-state index >= 15 is 0 Å². The van der Waals surface area contributed by atoms with E-state index in [0.717, 1.165) is 22.7 Å². The van der Waals surface area contributed by atoms with Crippen LogP contribution in [0.1, 0.15) is 33.1 Å². The molecule has 0 aliphatic carbocycles. The number of aryl methyl sites for hydroxylation is 4. The number of fused-ring (bicyclic) bond motifs is 1. The van der Waals surface area contributed by atoms with Gasteiger partial charge in [-0.25, -0.2) is 4.98 Å². The molecule has 1 N–H and O–H groups in total. The van der Waals surface area contributed by atoms with Gasteiger partial charge in [-0.1, -0.05) is 16.8 Å². The molecule has 0 aliphatic heterocycles. The fourth-order valence-electron chi connectivity index (χ4n) is 3.13. The summed E-state index contributed by atoms with van der Waals surface area (Å²) in [5, 5.41) is 16.3. The highest BCUT2D eigenvalue weighted by Gasteiger charge is 2.19. The van der Waals surface area contributed by atoms with E-state index in [1.807, 2.05) is 20.8 Å². The molecule has 0 atom stereocenters. The predicted octanol–water partition coefficient (Wildman–Crippen LogP) is 3.03. The molecule has 0 unspecified atom stereocenters. The summed E-state index contributed by atoms with van der Waals surface area (Å²) in [6.45, 7) is 6.06. The zero-order valence-electron chi connectivity index (χ0n) is 15.8. The molecule has 9 nitrogen and oxygen atoms in total. The quantitative estimate of drug-likeness (QED) is 0.565. The largest absolute Gasteiger partial charge is 0.361 e. The Hall–Kier alpha value is -3.20. The van der Waals surface area contributed by atoms with Crippen molar-refractivity contribution in [2.45, 2.75) is 27.3 Å². The van der Waals surface area contributed by atoms with Gasteiger partial charge in [0.2, 0.25) is 0 Å². The average molecular weight is 400 g/mol. The van der Waals surface area contributed by atoms with Gasteiger partial charge < -0.3 is 9.84 Å². The summed E-state index contributed by atoms with van der Waals surface area (Å²) >= 11 is 6.46. The molecule has 28 heavy (non-hydrogen) atoms. The molecule has 4 aromatic heterocycles. The number of nitrogens with one attached hydrogen (secondary N) is 1. The first-order chi connectivity index (χ1) is 13.3. The molecule has 0 radical (unpaired) electrons. The second-order valence-corrected chi connectivity index (χ2v) is 6.95. The van der Waals surface area contributed by atoms with Crippen molar-refractivity contribution < 1.29 is 9.32 Å². The van der Waals surface area contributed by atoms with Gasteiger partial charge in [0.05, 0.1) is 45.8 Å². The lowest BCUT2D eigenvalue weighted by Crippen LogP contribution is -2.13. The normalized spacial score (nSPS) is 11.3. The molecule has 0 fully saturated rings. The number of hydrogen-bond acceptors (Lipinski definition) is 6. The van der Waals surface area contributed by atoms with Gasteiger partial charge in [-0.3, -0.25) is 14.2 Å². The Morgan fingerprint density at radius 3 is 2.75 bits per heavy atom. The smallest absolute Gasteiger partial charge is 0.258 e. The van der Waals surface area contributed by atoms with Gasteiger partial charge in [-0.2, -0.15) is 10.2 Å². The summed E-state index contributed by atoms with van der Waals surface area (Å²) in [5.41, 5.74) is 3.96. The van der Waals surface area contributed by atoms with Crippen LogP contribution in [0.4, 0.5) is 5.69 Å². The number of carbonyl (C=O) groups excluding carboxylic acids is 1. The molecule has 1 amide bonds. The number of rotatable bonds is 4. The molecule has 0 aliphatic rings. The first-order valence-electron chi connectivity index (χ1n) is 8.58. The lowest BCUT2D eigenvalue weighted by molar-refractivity contribution is 0.102. The molecule has 10 heteroatoms. The van der Waals surface area contributed by atoms with E-state index in [4.69, 9.17) is 16.1 Å². The van der Waals surface area contributed by atoms with Crippen molar-refractivity contribution in [3.63, 3.8) is 0 Å². The zero-order valence-corrected chi connectivity index (χ0v) is 16.6. The van der Waals surface area contributed by atoms with Gasteiger partial charge in [0, 0.05) is 25.0 Å². The lowest BCUT2D eigenvalue weighted by Gasteiger charge is -2.06. The highest BCUT2D eigenvalue weighted by molar-refractivity contribution is 6.39. The van der Waals surface area contributed by atoms with Crippen LogP contribution in [0.3, 0.4) is 0 Å². The number of aromatic nitrogens is 6. The van der Waals surface area contributed by atoms with Gasteiger partial charge in [0.15, 0.2) is 5.65 Å². The highest BCUT2D eigenvalue weighted by Crippen LogP contribution is 2.28. The maximum atomic E-state index is 12.7. The fourth-order valence-corrected chi connectivity index (χ4v) is 3.48. The van der Waals surface area contributed by atoms with Crippen LogP contribution >= 0.6 is 11.6 Å². The Morgan fingerprint density at radius 1 is 1.25 bits per heavy atom. The van der Waals surface area contributed by atoms with Crippen molar-refractivity contribution in [1.29, 1.82) is 0 Å². The third kappa shape index (κ3) is 3.03. The van der Waals surface area contributed by atoms with Crippen molar-refractivity contribution in [3.8, 4) is 0 Å². The monoisotopic (exact) mass is 399 g/mol. The topological polar surface area (TPSA) is 104 Å². The van der Waals surface area contributed by atoms with E-state index in [-0.39, 0.29) is 11.5 Å². The van der Waals surface area contributed by atoms with Crippen LogP contribution < -0.4 is 5.32 Å². The number of amides is 1. The minimum Gasteiger partial charge on any atom is -0.361 e. The summed E-state index contributed by atoms with van der Waals surface area (Å²) in [4.78, 5) is 17.0. The second-order valence-electron chi connectivity index (χ2n) is 6.58. The van der Waals surface area contributed by atoms with E-state index in [0.29, 0.717) is 28.3 Å². The summed E-state index contributed by atoms with van der Waals surface area (Å²) in [7, 11) is 1.78. The third-order valence-electron chi connectivity index (χ3n) is 4.60. The van der Waals surface area contributed by atoms with Gasteiger partial charge in [0.25, 0.3) is 5.91 Å². The maximum Gasteiger partial charge on any atom is 0.258 e. The Labute approximate surface area is 165 Å². The Kier molecular flexibility index (Phi) is 4.38. The fraction of sp³-hybridized carbons (Fsp3) is 0.278. The number of carbonyl (C=O) groups is 1. The van der Waals surface area contributed by atoms with E-state index in [1.165, 1.54) is 6.20 Å². The first kappa shape index (κ1) is 18.2. The number of hydrogen-bond donors (Lipinski definition) is 1. The van der Waals surface area contributed by atoms with Crippen molar-refractivity contribution in [3.05, 3.63) is 51.9 Å². The standard InChI is InChI=1S/C18H18ClN7O2/c1-9-14(11(3)28-24-9)8-26-7-12(5-21-26)22-18(27)13-6-20-17-15(16(13)19)10(2)23-25(17)4/h5-7H,8H2,1-4H3,(H,22,27). The van der Waals surface area contributed by atoms with Crippen molar-refractivity contribution >= 4 is 34.2 Å². The van der Waals surface area contributed by atoms with Crippen LogP contribution in [0.25, 0.3) is 11.0 Å². The van der Waals surface area contributed by atoms with E-state index in [1.54, 1.807) is 28.8 Å². The van der Waals surface area contributed by atoms with Crippen LogP contribution in [0.2, 0.25) is 5.02 Å². The van der Waals surface area contributed by atoms with E-state index in [2.05, 4.69) is 25.7 Å². The van der Waals surface area contributed by atoms with Crippen molar-refractivity contribution in [1.82, 2.24) is 29.7 Å². The average Bonchev–Trinajstić information content (AvgIpc) is 3.30. The lowest BCUT2D eigenvalue weighted by atomic mass is 10.2. The molecule has 0 saturated heterocycles. The van der Waals surface area contributed by atoms with Crippen LogP contribution in [-0.4, -0.2) is 35.6 Å². The van der Waals surface area contributed by atoms with E-state index in [9.17, 15) is 4.79 Å². The first-order valence-corrected chi connectivity index (χ1v) is 8.96. The highest BCUT2D eigenvalue weighted by atomic mass is 35.5. The number of anilines is 1. The zero-order chi connectivity index (χ0) is 20.0. The third-order valence-corrected chi connectivity index (χ3v) is 4.99. The van der Waals surface area contributed by atoms with Crippen LogP contribution in [-0.2, 0) is 13.6 Å². The Bertz CT molecular complexity index is 1180. The minimum absolute atomic E-state index is 0.281. The SMILES string of the molecule is Cc1noc(C)c1Cn1cc(NC(=O)c2cnc3c(c(C)nn3C)c2Cl)cn1. The molecule has 4 aromatic rings. The molecule has 144 valence electrons. The molecule has 0 saturated carbocycles.